The van der Waals surface area contributed by atoms with Crippen molar-refractivity contribution in [3.8, 4) is 0 Å². The minimum atomic E-state index is -0.0532. The number of benzene rings is 1. The first-order chi connectivity index (χ1) is 16.5. The lowest BCUT2D eigenvalue weighted by Crippen LogP contribution is -2.41. The molecule has 0 spiro atoms. The number of allylic oxidation sites excluding steroid dienone is 3. The number of piperidine rings is 1. The molecule has 1 aromatic carbocycles. The van der Waals surface area contributed by atoms with Crippen LogP contribution < -0.4 is 11.1 Å². The van der Waals surface area contributed by atoms with Crippen molar-refractivity contribution in [1.82, 2.24) is 9.88 Å². The standard InChI is InChI=1S/C26H30N6O2/c1-17-10-18(2)34-31-24(17)16-32-8-6-19(7-9-32)26(33)30-25-12-22-11-20(23(13-27)14-28-3)4-5-21(22)15-29-25/h4-5,10-15,19H,1,6-9,16,27H2,2-3H3,(H,29,30,33). The van der Waals surface area contributed by atoms with Gasteiger partial charge in [0, 0.05) is 49.1 Å². The van der Waals surface area contributed by atoms with E-state index in [4.69, 9.17) is 10.6 Å². The van der Waals surface area contributed by atoms with E-state index in [2.05, 4.69) is 31.9 Å². The van der Waals surface area contributed by atoms with E-state index < -0.39 is 0 Å². The number of aromatic nitrogens is 1. The number of nitrogens with two attached hydrogens (primary N) is 1. The van der Waals surface area contributed by atoms with E-state index in [0.29, 0.717) is 12.4 Å². The average Bonchev–Trinajstić information content (AvgIpc) is 2.84. The van der Waals surface area contributed by atoms with Gasteiger partial charge in [-0.15, -0.1) is 0 Å². The van der Waals surface area contributed by atoms with Crippen molar-refractivity contribution in [3.63, 3.8) is 0 Å². The lowest BCUT2D eigenvalue weighted by atomic mass is 9.95. The molecule has 2 aromatic rings. The molecule has 1 aromatic heterocycles. The first-order valence-electron chi connectivity index (χ1n) is 11.4. The van der Waals surface area contributed by atoms with Crippen LogP contribution in [-0.2, 0) is 9.63 Å². The van der Waals surface area contributed by atoms with Crippen LogP contribution in [0.15, 0.2) is 70.8 Å². The Hall–Kier alpha value is -3.78. The quantitative estimate of drug-likeness (QED) is 0.642. The Morgan fingerprint density at radius 1 is 1.32 bits per heavy atom. The molecule has 34 heavy (non-hydrogen) atoms. The number of amides is 1. The Balaban J connectivity index is 1.36. The molecule has 3 heterocycles. The number of nitrogens with zero attached hydrogens (tertiary/aromatic N) is 4. The molecule has 0 saturated carbocycles. The molecular weight excluding hydrogens is 428 g/mol. The second-order valence-corrected chi connectivity index (χ2v) is 8.59. The van der Waals surface area contributed by atoms with Crippen LogP contribution in [0.5, 0.6) is 0 Å². The molecule has 1 fully saturated rings. The number of aliphatic imine (C=N–C) groups is 1. The van der Waals surface area contributed by atoms with E-state index in [9.17, 15) is 4.79 Å². The summed E-state index contributed by atoms with van der Waals surface area (Å²) in [6, 6.07) is 7.88. The van der Waals surface area contributed by atoms with Crippen LogP contribution in [-0.4, -0.2) is 54.4 Å². The number of carbonyl (C=O) groups is 1. The van der Waals surface area contributed by atoms with Crippen molar-refractivity contribution in [1.29, 1.82) is 0 Å². The molecule has 1 amide bonds. The number of anilines is 1. The zero-order valence-corrected chi connectivity index (χ0v) is 19.6. The number of nitrogens with one attached hydrogen (secondary N) is 1. The van der Waals surface area contributed by atoms with E-state index in [0.717, 1.165) is 64.9 Å². The molecule has 8 nitrogen and oxygen atoms in total. The van der Waals surface area contributed by atoms with Gasteiger partial charge >= 0.3 is 0 Å². The molecule has 2 aliphatic rings. The highest BCUT2D eigenvalue weighted by atomic mass is 16.6. The summed E-state index contributed by atoms with van der Waals surface area (Å²) in [6.07, 6.45) is 8.48. The predicted octanol–water partition coefficient (Wildman–Crippen LogP) is 3.73. The molecule has 0 bridgehead atoms. The van der Waals surface area contributed by atoms with Gasteiger partial charge in [0.2, 0.25) is 5.91 Å². The number of rotatable bonds is 6. The second-order valence-electron chi connectivity index (χ2n) is 8.59. The fraction of sp³-hybridized carbons (Fsp3) is 0.308. The first kappa shape index (κ1) is 23.4. The van der Waals surface area contributed by atoms with Crippen LogP contribution >= 0.6 is 0 Å². The molecule has 8 heteroatoms. The maximum absolute atomic E-state index is 12.9. The molecule has 0 aliphatic carbocycles. The van der Waals surface area contributed by atoms with Crippen molar-refractivity contribution >= 4 is 40.0 Å². The Morgan fingerprint density at radius 2 is 2.12 bits per heavy atom. The summed E-state index contributed by atoms with van der Waals surface area (Å²) in [5, 5.41) is 9.12. The van der Waals surface area contributed by atoms with Crippen molar-refractivity contribution in [2.45, 2.75) is 19.8 Å². The molecule has 0 unspecified atom stereocenters. The number of likely N-dealkylation sites (tertiary alicyclic amines) is 1. The minimum Gasteiger partial charge on any atom is -0.404 e. The molecule has 0 atom stereocenters. The van der Waals surface area contributed by atoms with E-state index in [1.807, 2.05) is 37.3 Å². The maximum Gasteiger partial charge on any atom is 0.228 e. The Labute approximate surface area is 199 Å². The van der Waals surface area contributed by atoms with Crippen molar-refractivity contribution in [2.24, 2.45) is 21.8 Å². The topological polar surface area (TPSA) is 105 Å². The second kappa shape index (κ2) is 10.4. The molecular formula is C26H30N6O2. The van der Waals surface area contributed by atoms with E-state index >= 15 is 0 Å². The number of hydrogen-bond acceptors (Lipinski definition) is 7. The number of oxime groups is 1. The summed E-state index contributed by atoms with van der Waals surface area (Å²) in [4.78, 5) is 28.9. The van der Waals surface area contributed by atoms with Crippen LogP contribution in [0, 0.1) is 5.92 Å². The smallest absolute Gasteiger partial charge is 0.228 e. The van der Waals surface area contributed by atoms with Crippen molar-refractivity contribution in [2.75, 3.05) is 32.0 Å². The van der Waals surface area contributed by atoms with Crippen LogP contribution in [0.2, 0.25) is 0 Å². The summed E-state index contributed by atoms with van der Waals surface area (Å²) < 4.78 is 0. The highest BCUT2D eigenvalue weighted by Crippen LogP contribution is 2.24. The largest absolute Gasteiger partial charge is 0.404 e. The van der Waals surface area contributed by atoms with E-state index in [1.54, 1.807) is 19.5 Å². The van der Waals surface area contributed by atoms with Crippen LogP contribution in [0.1, 0.15) is 25.3 Å². The van der Waals surface area contributed by atoms with Gasteiger partial charge in [-0.2, -0.15) is 0 Å². The monoisotopic (exact) mass is 458 g/mol. The molecule has 4 rings (SSSR count). The summed E-state index contributed by atoms with van der Waals surface area (Å²) in [5.41, 5.74) is 9.25. The lowest BCUT2D eigenvalue weighted by molar-refractivity contribution is -0.121. The SMILES string of the molecule is C=C1C=C(C)ON=C1CN1CCC(C(=O)Nc2cc3cc(C(C=NC)=CN)ccc3cn2)CC1. The van der Waals surface area contributed by atoms with Crippen LogP contribution in [0.4, 0.5) is 5.82 Å². The van der Waals surface area contributed by atoms with E-state index in [1.165, 1.54) is 6.20 Å². The van der Waals surface area contributed by atoms with Crippen molar-refractivity contribution in [3.05, 3.63) is 66.2 Å². The highest BCUT2D eigenvalue weighted by Gasteiger charge is 2.26. The minimum absolute atomic E-state index is 0.00428. The van der Waals surface area contributed by atoms with Crippen LogP contribution in [0.25, 0.3) is 16.3 Å². The van der Waals surface area contributed by atoms with Gasteiger partial charge in [-0.05, 0) is 67.6 Å². The summed E-state index contributed by atoms with van der Waals surface area (Å²) in [6.45, 7) is 8.21. The molecule has 176 valence electrons. The first-order valence-corrected chi connectivity index (χ1v) is 11.4. The molecule has 1 saturated heterocycles. The zero-order chi connectivity index (χ0) is 24.1. The average molecular weight is 459 g/mol. The Bertz CT molecular complexity index is 1220. The number of carbonyl (C=O) groups excluding carboxylic acids is 1. The lowest BCUT2D eigenvalue weighted by Gasteiger charge is -2.31. The van der Waals surface area contributed by atoms with Gasteiger partial charge in [0.25, 0.3) is 0 Å². The van der Waals surface area contributed by atoms with Gasteiger partial charge in [0.05, 0.1) is 0 Å². The summed E-state index contributed by atoms with van der Waals surface area (Å²) >= 11 is 0. The predicted molar refractivity (Wildman–Crippen MR) is 138 cm³/mol. The number of fused-ring (bicyclic) bond motifs is 1. The van der Waals surface area contributed by atoms with Gasteiger partial charge in [0.1, 0.15) is 17.3 Å². The van der Waals surface area contributed by atoms with Gasteiger partial charge in [-0.3, -0.25) is 14.7 Å². The molecule has 3 N–H and O–H groups in total. The number of hydrogen-bond donors (Lipinski definition) is 2. The maximum atomic E-state index is 12.9. The third-order valence-electron chi connectivity index (χ3n) is 6.13. The summed E-state index contributed by atoms with van der Waals surface area (Å²) in [7, 11) is 1.71. The Morgan fingerprint density at radius 3 is 2.82 bits per heavy atom. The highest BCUT2D eigenvalue weighted by molar-refractivity contribution is 6.10. The Kier molecular flexibility index (Phi) is 7.18. The normalized spacial score (nSPS) is 18.1. The van der Waals surface area contributed by atoms with Gasteiger partial charge in [-0.25, -0.2) is 4.98 Å². The van der Waals surface area contributed by atoms with Gasteiger partial charge in [-0.1, -0.05) is 23.9 Å². The van der Waals surface area contributed by atoms with E-state index in [-0.39, 0.29) is 11.8 Å². The third kappa shape index (κ3) is 5.40. The zero-order valence-electron chi connectivity index (χ0n) is 19.6. The third-order valence-corrected chi connectivity index (χ3v) is 6.13. The number of pyridine rings is 1. The van der Waals surface area contributed by atoms with Crippen molar-refractivity contribution < 1.29 is 9.63 Å². The van der Waals surface area contributed by atoms with Crippen LogP contribution in [0.3, 0.4) is 0 Å². The molecule has 2 aliphatic heterocycles. The summed E-state index contributed by atoms with van der Waals surface area (Å²) in [5.74, 6) is 1.24. The molecule has 0 radical (unpaired) electrons. The van der Waals surface area contributed by atoms with Gasteiger partial charge < -0.3 is 15.9 Å². The fourth-order valence-corrected chi connectivity index (χ4v) is 4.21. The van der Waals surface area contributed by atoms with Gasteiger partial charge in [0.15, 0.2) is 0 Å². The fourth-order valence-electron chi connectivity index (χ4n) is 4.21.